The first kappa shape index (κ1) is 14.0. The maximum atomic E-state index is 10.2. The van der Waals surface area contributed by atoms with E-state index >= 15 is 0 Å². The molecule has 0 bridgehead atoms. The van der Waals surface area contributed by atoms with Crippen LogP contribution in [0, 0.1) is 6.92 Å². The Hall–Kier alpha value is -0.960. The van der Waals surface area contributed by atoms with E-state index in [1.807, 2.05) is 18.2 Å². The normalized spacial score (nSPS) is 13.3. The molecule has 0 saturated heterocycles. The van der Waals surface area contributed by atoms with Crippen LogP contribution >= 0.6 is 12.6 Å². The first-order valence-corrected chi connectivity index (χ1v) is 5.32. The van der Waals surface area contributed by atoms with Gasteiger partial charge in [0, 0.05) is 0 Å². The maximum Gasteiger partial charge on any atom is 0.319 e. The summed E-state index contributed by atoms with van der Waals surface area (Å²) >= 11 is 3.88. The fourth-order valence-electron chi connectivity index (χ4n) is 0.686. The Labute approximate surface area is 96.7 Å². The summed E-state index contributed by atoms with van der Waals surface area (Å²) < 4.78 is -0.847. The van der Waals surface area contributed by atoms with Crippen molar-refractivity contribution < 1.29 is 9.90 Å². The number of benzene rings is 1. The van der Waals surface area contributed by atoms with E-state index in [0.29, 0.717) is 6.42 Å². The average Bonchev–Trinajstić information content (AvgIpc) is 2.19. The molecule has 15 heavy (non-hydrogen) atoms. The SMILES string of the molecule is CCC(C)(S)C(=O)O.Cc1ccccc1. The highest BCUT2D eigenvalue weighted by Gasteiger charge is 2.25. The standard InChI is InChI=1S/C7H8.C5H10O2S/c1-7-5-3-2-4-6-7;1-3-5(2,8)4(6)7/h2-6H,1H3;8H,3H2,1-2H3,(H,6,7). The highest BCUT2D eigenvalue weighted by molar-refractivity contribution is 7.82. The summed E-state index contributed by atoms with van der Waals surface area (Å²) in [6.45, 7) is 5.46. The molecule has 1 rings (SSSR count). The molecule has 1 atom stereocenters. The average molecular weight is 226 g/mol. The van der Waals surface area contributed by atoms with Gasteiger partial charge < -0.3 is 5.11 Å². The van der Waals surface area contributed by atoms with Gasteiger partial charge in [-0.15, -0.1) is 0 Å². The molecule has 0 fully saturated rings. The number of carboxylic acid groups (broad SMARTS) is 1. The summed E-state index contributed by atoms with van der Waals surface area (Å²) in [5.74, 6) is -0.858. The molecule has 0 aliphatic carbocycles. The minimum absolute atomic E-state index is 0.547. The number of hydrogen-bond acceptors (Lipinski definition) is 2. The first-order chi connectivity index (χ1) is 6.90. The lowest BCUT2D eigenvalue weighted by Gasteiger charge is -2.13. The van der Waals surface area contributed by atoms with E-state index in [4.69, 9.17) is 5.11 Å². The Balaban J connectivity index is 0.000000262. The summed E-state index contributed by atoms with van der Waals surface area (Å²) in [4.78, 5) is 10.2. The highest BCUT2D eigenvalue weighted by atomic mass is 32.1. The van der Waals surface area contributed by atoms with E-state index in [-0.39, 0.29) is 0 Å². The number of thiol groups is 1. The molecule has 0 aliphatic heterocycles. The number of carbonyl (C=O) groups is 1. The smallest absolute Gasteiger partial charge is 0.319 e. The van der Waals surface area contributed by atoms with Crippen LogP contribution in [0.2, 0.25) is 0 Å². The quantitative estimate of drug-likeness (QED) is 0.760. The van der Waals surface area contributed by atoms with Gasteiger partial charge >= 0.3 is 5.97 Å². The molecule has 0 radical (unpaired) electrons. The lowest BCUT2D eigenvalue weighted by Crippen LogP contribution is -2.27. The minimum Gasteiger partial charge on any atom is -0.480 e. The molecule has 2 nitrogen and oxygen atoms in total. The Morgan fingerprint density at radius 1 is 1.40 bits per heavy atom. The maximum absolute atomic E-state index is 10.2. The zero-order chi connectivity index (χ0) is 11.9. The van der Waals surface area contributed by atoms with Crippen molar-refractivity contribution in [2.24, 2.45) is 0 Å². The highest BCUT2D eigenvalue weighted by Crippen LogP contribution is 2.16. The van der Waals surface area contributed by atoms with Gasteiger partial charge in [-0.3, -0.25) is 4.79 Å². The topological polar surface area (TPSA) is 37.3 Å². The zero-order valence-electron chi connectivity index (χ0n) is 9.40. The van der Waals surface area contributed by atoms with E-state index in [9.17, 15) is 4.79 Å². The molecule has 0 aromatic heterocycles. The predicted molar refractivity (Wildman–Crippen MR) is 66.5 cm³/mol. The molecule has 0 saturated carbocycles. The second-order valence-corrected chi connectivity index (χ2v) is 4.57. The van der Waals surface area contributed by atoms with E-state index in [0.717, 1.165) is 0 Å². The summed E-state index contributed by atoms with van der Waals surface area (Å²) in [7, 11) is 0. The molecule has 1 N–H and O–H groups in total. The van der Waals surface area contributed by atoms with Crippen molar-refractivity contribution in [3.8, 4) is 0 Å². The van der Waals surface area contributed by atoms with Gasteiger partial charge in [0.15, 0.2) is 0 Å². The fraction of sp³-hybridized carbons (Fsp3) is 0.417. The molecular formula is C12H18O2S. The molecule has 3 heteroatoms. The Morgan fingerprint density at radius 2 is 1.87 bits per heavy atom. The van der Waals surface area contributed by atoms with Gasteiger partial charge in [-0.1, -0.05) is 42.8 Å². The van der Waals surface area contributed by atoms with Gasteiger partial charge in [0.2, 0.25) is 0 Å². The van der Waals surface area contributed by atoms with Crippen LogP contribution in [0.4, 0.5) is 0 Å². The third-order valence-electron chi connectivity index (χ3n) is 2.09. The zero-order valence-corrected chi connectivity index (χ0v) is 10.3. The van der Waals surface area contributed by atoms with E-state index < -0.39 is 10.7 Å². The van der Waals surface area contributed by atoms with Crippen LogP contribution in [0.5, 0.6) is 0 Å². The van der Waals surface area contributed by atoms with Gasteiger partial charge in [-0.05, 0) is 20.3 Å². The third kappa shape index (κ3) is 6.18. The molecule has 1 aromatic carbocycles. The van der Waals surface area contributed by atoms with E-state index in [1.165, 1.54) is 5.56 Å². The lowest BCUT2D eigenvalue weighted by atomic mass is 10.1. The first-order valence-electron chi connectivity index (χ1n) is 4.87. The van der Waals surface area contributed by atoms with Crippen molar-refractivity contribution in [3.05, 3.63) is 35.9 Å². The Morgan fingerprint density at radius 3 is 2.00 bits per heavy atom. The Bertz CT molecular complexity index is 294. The third-order valence-corrected chi connectivity index (χ3v) is 2.60. The van der Waals surface area contributed by atoms with Gasteiger partial charge in [0.25, 0.3) is 0 Å². The van der Waals surface area contributed by atoms with Crippen molar-refractivity contribution in [1.82, 2.24) is 0 Å². The molecule has 0 aliphatic rings. The van der Waals surface area contributed by atoms with Crippen LogP contribution < -0.4 is 0 Å². The van der Waals surface area contributed by atoms with E-state index in [2.05, 4.69) is 31.7 Å². The van der Waals surface area contributed by atoms with Gasteiger partial charge in [0.05, 0.1) is 0 Å². The number of carboxylic acids is 1. The Kier molecular flexibility index (Phi) is 6.09. The number of aliphatic carboxylic acids is 1. The molecule has 0 spiro atoms. The molecule has 84 valence electrons. The van der Waals surface area contributed by atoms with Crippen LogP contribution in [0.25, 0.3) is 0 Å². The molecule has 1 unspecified atom stereocenters. The number of hydrogen-bond donors (Lipinski definition) is 2. The molecular weight excluding hydrogens is 208 g/mol. The molecule has 0 amide bonds. The van der Waals surface area contributed by atoms with Crippen LogP contribution in [0.15, 0.2) is 30.3 Å². The summed E-state index contributed by atoms with van der Waals surface area (Å²) in [5.41, 5.74) is 1.32. The summed E-state index contributed by atoms with van der Waals surface area (Å²) in [6, 6.07) is 10.3. The fourth-order valence-corrected chi connectivity index (χ4v) is 0.686. The van der Waals surface area contributed by atoms with Crippen molar-refractivity contribution in [2.45, 2.75) is 31.9 Å². The molecule has 0 heterocycles. The predicted octanol–water partition coefficient (Wildman–Crippen LogP) is 3.16. The van der Waals surface area contributed by atoms with Crippen LogP contribution in [-0.4, -0.2) is 15.8 Å². The largest absolute Gasteiger partial charge is 0.480 e. The van der Waals surface area contributed by atoms with Gasteiger partial charge in [-0.25, -0.2) is 0 Å². The van der Waals surface area contributed by atoms with Crippen molar-refractivity contribution in [3.63, 3.8) is 0 Å². The van der Waals surface area contributed by atoms with E-state index in [1.54, 1.807) is 13.8 Å². The second-order valence-electron chi connectivity index (χ2n) is 3.59. The van der Waals surface area contributed by atoms with Crippen LogP contribution in [0.1, 0.15) is 25.8 Å². The van der Waals surface area contributed by atoms with Crippen molar-refractivity contribution >= 4 is 18.6 Å². The van der Waals surface area contributed by atoms with Crippen LogP contribution in [-0.2, 0) is 4.79 Å². The second kappa shape index (κ2) is 6.51. The van der Waals surface area contributed by atoms with Crippen LogP contribution in [0.3, 0.4) is 0 Å². The monoisotopic (exact) mass is 226 g/mol. The lowest BCUT2D eigenvalue weighted by molar-refractivity contribution is -0.139. The summed E-state index contributed by atoms with van der Waals surface area (Å²) in [5, 5.41) is 8.36. The van der Waals surface area contributed by atoms with Crippen molar-refractivity contribution in [2.75, 3.05) is 0 Å². The van der Waals surface area contributed by atoms with Crippen molar-refractivity contribution in [1.29, 1.82) is 0 Å². The number of rotatable bonds is 2. The summed E-state index contributed by atoms with van der Waals surface area (Å²) in [6.07, 6.45) is 0.547. The van der Waals surface area contributed by atoms with Gasteiger partial charge in [0.1, 0.15) is 4.75 Å². The minimum atomic E-state index is -0.858. The number of aryl methyl sites for hydroxylation is 1. The molecule has 1 aromatic rings. The van der Waals surface area contributed by atoms with Gasteiger partial charge in [-0.2, -0.15) is 12.6 Å².